The van der Waals surface area contributed by atoms with Gasteiger partial charge in [-0.25, -0.2) is 4.98 Å². The first-order valence-corrected chi connectivity index (χ1v) is 6.06. The van der Waals surface area contributed by atoms with Crippen LogP contribution in [0.3, 0.4) is 0 Å². The molecular weight excluding hydrogens is 236 g/mol. The molecule has 2 aromatic rings. The molecule has 0 fully saturated rings. The van der Waals surface area contributed by atoms with E-state index in [0.29, 0.717) is 11.4 Å². The van der Waals surface area contributed by atoms with Crippen molar-refractivity contribution in [3.63, 3.8) is 0 Å². The van der Waals surface area contributed by atoms with Crippen molar-refractivity contribution in [3.05, 3.63) is 33.5 Å². The second kappa shape index (κ2) is 4.67. The fourth-order valence-electron chi connectivity index (χ4n) is 1.61. The van der Waals surface area contributed by atoms with Gasteiger partial charge in [0.25, 0.3) is 5.91 Å². The van der Waals surface area contributed by atoms with Crippen molar-refractivity contribution in [2.24, 2.45) is 0 Å². The van der Waals surface area contributed by atoms with Gasteiger partial charge in [0.1, 0.15) is 4.88 Å². The molecule has 5 nitrogen and oxygen atoms in total. The first-order valence-electron chi connectivity index (χ1n) is 5.25. The zero-order chi connectivity index (χ0) is 12.4. The number of aryl methyl sites for hydroxylation is 2. The quantitative estimate of drug-likeness (QED) is 0.902. The lowest BCUT2D eigenvalue weighted by atomic mass is 10.3. The topological polar surface area (TPSA) is 61.9 Å². The van der Waals surface area contributed by atoms with Crippen LogP contribution in [0.1, 0.15) is 25.9 Å². The Balaban J connectivity index is 2.12. The van der Waals surface area contributed by atoms with Crippen molar-refractivity contribution >= 4 is 17.2 Å². The van der Waals surface area contributed by atoms with Crippen molar-refractivity contribution in [1.29, 1.82) is 0 Å². The fraction of sp³-hybridized carbons (Fsp3) is 0.364. The Labute approximate surface area is 103 Å². The number of nitrogens with one attached hydrogen (secondary N) is 1. The van der Waals surface area contributed by atoms with E-state index in [9.17, 15) is 4.79 Å². The number of carbonyl (C=O) groups is 1. The summed E-state index contributed by atoms with van der Waals surface area (Å²) in [7, 11) is 1.78. The van der Waals surface area contributed by atoms with E-state index >= 15 is 0 Å². The number of aromatic amines is 1. The lowest BCUT2D eigenvalue weighted by Gasteiger charge is -2.15. The van der Waals surface area contributed by atoms with Gasteiger partial charge in [-0.15, -0.1) is 11.3 Å². The van der Waals surface area contributed by atoms with Crippen LogP contribution in [0.15, 0.2) is 12.4 Å². The van der Waals surface area contributed by atoms with Crippen LogP contribution < -0.4 is 0 Å². The van der Waals surface area contributed by atoms with Gasteiger partial charge in [-0.1, -0.05) is 0 Å². The minimum atomic E-state index is 0.00861. The van der Waals surface area contributed by atoms with E-state index in [1.165, 1.54) is 11.3 Å². The van der Waals surface area contributed by atoms with E-state index in [-0.39, 0.29) is 5.91 Å². The van der Waals surface area contributed by atoms with Gasteiger partial charge in [0.05, 0.1) is 16.9 Å². The van der Waals surface area contributed by atoms with Crippen molar-refractivity contribution in [1.82, 2.24) is 20.1 Å². The Morgan fingerprint density at radius 2 is 2.29 bits per heavy atom. The Bertz CT molecular complexity index is 518. The van der Waals surface area contributed by atoms with Crippen LogP contribution in [0.25, 0.3) is 0 Å². The molecule has 0 radical (unpaired) electrons. The highest BCUT2D eigenvalue weighted by atomic mass is 32.1. The summed E-state index contributed by atoms with van der Waals surface area (Å²) in [6.45, 7) is 4.32. The maximum Gasteiger partial charge on any atom is 0.265 e. The number of amides is 1. The summed E-state index contributed by atoms with van der Waals surface area (Å²) in [6.07, 6.45) is 3.50. The van der Waals surface area contributed by atoms with E-state index in [1.807, 2.05) is 13.8 Å². The molecule has 0 aliphatic carbocycles. The number of rotatable bonds is 3. The fourth-order valence-corrected chi connectivity index (χ4v) is 2.53. The van der Waals surface area contributed by atoms with Crippen LogP contribution in [0.5, 0.6) is 0 Å². The van der Waals surface area contributed by atoms with Gasteiger partial charge >= 0.3 is 0 Å². The van der Waals surface area contributed by atoms with Gasteiger partial charge in [0.2, 0.25) is 0 Å². The SMILES string of the molecule is Cc1nc(C)c(C(=O)N(C)Cc2cn[nH]c2)s1. The normalized spacial score (nSPS) is 10.5. The van der Waals surface area contributed by atoms with Crippen molar-refractivity contribution < 1.29 is 4.79 Å². The highest BCUT2D eigenvalue weighted by Gasteiger charge is 2.18. The van der Waals surface area contributed by atoms with Crippen molar-refractivity contribution in [3.8, 4) is 0 Å². The van der Waals surface area contributed by atoms with Crippen LogP contribution in [0.4, 0.5) is 0 Å². The molecule has 0 spiro atoms. The highest BCUT2D eigenvalue weighted by Crippen LogP contribution is 2.19. The van der Waals surface area contributed by atoms with Crippen LogP contribution in [0, 0.1) is 13.8 Å². The zero-order valence-electron chi connectivity index (χ0n) is 10.0. The predicted octanol–water partition coefficient (Wildman–Crippen LogP) is 1.76. The van der Waals surface area contributed by atoms with E-state index in [4.69, 9.17) is 0 Å². The first kappa shape index (κ1) is 11.8. The Morgan fingerprint density at radius 1 is 1.53 bits per heavy atom. The minimum absolute atomic E-state index is 0.00861. The summed E-state index contributed by atoms with van der Waals surface area (Å²) in [5.41, 5.74) is 1.79. The summed E-state index contributed by atoms with van der Waals surface area (Å²) in [5, 5.41) is 7.51. The number of thiazole rings is 1. The minimum Gasteiger partial charge on any atom is -0.337 e. The Morgan fingerprint density at radius 3 is 2.82 bits per heavy atom. The molecule has 17 heavy (non-hydrogen) atoms. The van der Waals surface area contributed by atoms with E-state index in [1.54, 1.807) is 24.3 Å². The number of nitrogens with zero attached hydrogens (tertiary/aromatic N) is 3. The molecule has 0 saturated heterocycles. The maximum absolute atomic E-state index is 12.2. The van der Waals surface area contributed by atoms with Gasteiger partial charge in [0.15, 0.2) is 0 Å². The summed E-state index contributed by atoms with van der Waals surface area (Å²) in [5.74, 6) is 0.00861. The molecule has 0 aromatic carbocycles. The van der Waals surface area contributed by atoms with Gasteiger partial charge in [0, 0.05) is 25.4 Å². The largest absolute Gasteiger partial charge is 0.337 e. The second-order valence-corrected chi connectivity index (χ2v) is 5.12. The molecule has 0 unspecified atom stereocenters. The van der Waals surface area contributed by atoms with Crippen molar-refractivity contribution in [2.75, 3.05) is 7.05 Å². The van der Waals surface area contributed by atoms with Crippen LogP contribution in [-0.2, 0) is 6.54 Å². The second-order valence-electron chi connectivity index (χ2n) is 3.92. The third-order valence-corrected chi connectivity index (χ3v) is 3.48. The molecule has 0 saturated carbocycles. The molecule has 0 aliphatic rings. The van der Waals surface area contributed by atoms with E-state index in [2.05, 4.69) is 15.2 Å². The van der Waals surface area contributed by atoms with Crippen LogP contribution >= 0.6 is 11.3 Å². The van der Waals surface area contributed by atoms with Gasteiger partial charge in [-0.2, -0.15) is 5.10 Å². The highest BCUT2D eigenvalue weighted by molar-refractivity contribution is 7.13. The maximum atomic E-state index is 12.2. The first-order chi connectivity index (χ1) is 8.08. The molecular formula is C11H14N4OS. The molecule has 0 bridgehead atoms. The van der Waals surface area contributed by atoms with Crippen LogP contribution in [0.2, 0.25) is 0 Å². The summed E-state index contributed by atoms with van der Waals surface area (Å²) in [6, 6.07) is 0. The molecule has 6 heteroatoms. The van der Waals surface area contributed by atoms with Gasteiger partial charge in [-0.05, 0) is 13.8 Å². The van der Waals surface area contributed by atoms with Crippen molar-refractivity contribution in [2.45, 2.75) is 20.4 Å². The zero-order valence-corrected chi connectivity index (χ0v) is 10.8. The Hall–Kier alpha value is -1.69. The molecule has 1 amide bonds. The molecule has 1 N–H and O–H groups in total. The Kier molecular flexibility index (Phi) is 3.23. The molecule has 0 aliphatic heterocycles. The lowest BCUT2D eigenvalue weighted by molar-refractivity contribution is 0.0789. The summed E-state index contributed by atoms with van der Waals surface area (Å²) < 4.78 is 0. The molecule has 2 rings (SSSR count). The predicted molar refractivity (Wildman–Crippen MR) is 66.0 cm³/mol. The third-order valence-electron chi connectivity index (χ3n) is 2.42. The number of carbonyl (C=O) groups excluding carboxylic acids is 1. The number of hydrogen-bond donors (Lipinski definition) is 1. The monoisotopic (exact) mass is 250 g/mol. The molecule has 2 heterocycles. The van der Waals surface area contributed by atoms with Crippen LogP contribution in [-0.4, -0.2) is 33.0 Å². The molecule has 0 atom stereocenters. The summed E-state index contributed by atoms with van der Waals surface area (Å²) >= 11 is 1.44. The summed E-state index contributed by atoms with van der Waals surface area (Å²) in [4.78, 5) is 18.8. The van der Waals surface area contributed by atoms with E-state index < -0.39 is 0 Å². The third kappa shape index (κ3) is 2.52. The standard InChI is InChI=1S/C11H14N4OS/c1-7-10(17-8(2)14-7)11(16)15(3)6-9-4-12-13-5-9/h4-5H,6H2,1-3H3,(H,12,13). The van der Waals surface area contributed by atoms with Gasteiger partial charge < -0.3 is 4.90 Å². The van der Waals surface area contributed by atoms with Gasteiger partial charge in [-0.3, -0.25) is 9.89 Å². The lowest BCUT2D eigenvalue weighted by Crippen LogP contribution is -2.25. The molecule has 2 aromatic heterocycles. The number of aromatic nitrogens is 3. The number of H-pyrrole nitrogens is 1. The average Bonchev–Trinajstić information content (AvgIpc) is 2.87. The average molecular weight is 250 g/mol. The van der Waals surface area contributed by atoms with E-state index in [0.717, 1.165) is 16.3 Å². The smallest absolute Gasteiger partial charge is 0.265 e. The number of hydrogen-bond acceptors (Lipinski definition) is 4. The molecule has 90 valence electrons.